The number of carbonyl (C=O) groups excluding carboxylic acids is 2. The molecule has 0 spiro atoms. The number of pyridine rings is 1. The smallest absolute Gasteiger partial charge is 0.367 e. The van der Waals surface area contributed by atoms with E-state index in [0.29, 0.717) is 33.2 Å². The Labute approximate surface area is 213 Å². The van der Waals surface area contributed by atoms with Crippen molar-refractivity contribution in [2.75, 3.05) is 31.1 Å². The summed E-state index contributed by atoms with van der Waals surface area (Å²) in [5, 5.41) is 3.43. The molecule has 1 unspecified atom stereocenters. The summed E-state index contributed by atoms with van der Waals surface area (Å²) in [6, 6.07) is 11.7. The Hall–Kier alpha value is -3.24. The molecule has 12 heteroatoms. The molecule has 1 saturated heterocycles. The zero-order chi connectivity index (χ0) is 26.0. The number of nitrogens with zero attached hydrogens (tertiary/aromatic N) is 2. The van der Waals surface area contributed by atoms with E-state index in [2.05, 4.69) is 10.3 Å². The largest absolute Gasteiger partial charge is 0.390 e. The van der Waals surface area contributed by atoms with Crippen LogP contribution in [0, 0.1) is 0 Å². The summed E-state index contributed by atoms with van der Waals surface area (Å²) in [6.45, 7) is -0.223. The van der Waals surface area contributed by atoms with Gasteiger partial charge in [0.2, 0.25) is 11.5 Å². The molecule has 1 aliphatic rings. The molecule has 0 radical (unpaired) electrons. The number of alkyl halides is 3. The van der Waals surface area contributed by atoms with Crippen molar-refractivity contribution in [1.29, 1.82) is 0 Å². The lowest BCUT2D eigenvalue weighted by molar-refractivity contribution is -0.136. The number of benzene rings is 2. The van der Waals surface area contributed by atoms with Crippen molar-refractivity contribution < 1.29 is 22.8 Å². The molecule has 36 heavy (non-hydrogen) atoms. The summed E-state index contributed by atoms with van der Waals surface area (Å²) in [5.74, 6) is -1.30. The minimum absolute atomic E-state index is 0.00265. The van der Waals surface area contributed by atoms with Crippen LogP contribution >= 0.6 is 23.2 Å². The fraction of sp³-hybridized carbons (Fsp3) is 0.292. The number of para-hydroxylation sites is 1. The zero-order valence-electron chi connectivity index (χ0n) is 18.7. The maximum absolute atomic E-state index is 13.6. The third-order valence-corrected chi connectivity index (χ3v) is 6.64. The van der Waals surface area contributed by atoms with Gasteiger partial charge in [0.05, 0.1) is 22.0 Å². The van der Waals surface area contributed by atoms with Gasteiger partial charge in [-0.25, -0.2) is 0 Å². The molecule has 3 aromatic rings. The molecule has 1 aromatic heterocycles. The third kappa shape index (κ3) is 5.76. The third-order valence-electron chi connectivity index (χ3n) is 5.90. The van der Waals surface area contributed by atoms with Gasteiger partial charge in [0.15, 0.2) is 0 Å². The van der Waals surface area contributed by atoms with E-state index in [1.807, 2.05) is 0 Å². The molecular weight excluding hydrogens is 520 g/mol. The molecule has 2 amide bonds. The highest BCUT2D eigenvalue weighted by Crippen LogP contribution is 2.29. The molecule has 0 bridgehead atoms. The second kappa shape index (κ2) is 10.4. The lowest BCUT2D eigenvalue weighted by atomic mass is 10.0. The molecular formula is C24H21Cl2F3N4O3. The quantitative estimate of drug-likeness (QED) is 0.507. The molecule has 2 heterocycles. The van der Waals surface area contributed by atoms with Crippen LogP contribution in [0.1, 0.15) is 16.8 Å². The number of amides is 2. The average Bonchev–Trinajstić information content (AvgIpc) is 2.83. The van der Waals surface area contributed by atoms with Crippen molar-refractivity contribution in [2.45, 2.75) is 18.6 Å². The monoisotopic (exact) mass is 540 g/mol. The topological polar surface area (TPSA) is 85.5 Å². The number of aromatic amines is 1. The second-order valence-electron chi connectivity index (χ2n) is 8.31. The molecule has 2 aromatic carbocycles. The van der Waals surface area contributed by atoms with E-state index in [0.717, 1.165) is 6.07 Å². The maximum Gasteiger partial charge on any atom is 0.390 e. The number of fused-ring (bicyclic) bond motifs is 1. The second-order valence-corrected chi connectivity index (χ2v) is 9.12. The van der Waals surface area contributed by atoms with Crippen molar-refractivity contribution in [3.8, 4) is 0 Å². The van der Waals surface area contributed by atoms with Gasteiger partial charge in [0.25, 0.3) is 5.91 Å². The van der Waals surface area contributed by atoms with E-state index in [1.165, 1.54) is 4.90 Å². The zero-order valence-corrected chi connectivity index (χ0v) is 20.3. The average molecular weight is 541 g/mol. The van der Waals surface area contributed by atoms with E-state index in [1.54, 1.807) is 47.4 Å². The maximum atomic E-state index is 13.6. The molecule has 1 fully saturated rings. The summed E-state index contributed by atoms with van der Waals surface area (Å²) in [4.78, 5) is 44.6. The van der Waals surface area contributed by atoms with Gasteiger partial charge in [-0.05, 0) is 24.3 Å². The number of nitrogens with one attached hydrogen (secondary N) is 2. The highest BCUT2D eigenvalue weighted by atomic mass is 35.5. The number of anilines is 1. The first-order valence-electron chi connectivity index (χ1n) is 11.0. The van der Waals surface area contributed by atoms with Crippen molar-refractivity contribution >= 4 is 51.6 Å². The molecule has 7 nitrogen and oxygen atoms in total. The standard InChI is InChI=1S/C24H21Cl2F3N4O3/c25-17-6-5-14(11-18(17)26)32-9-10-33(20(13-32)22(35)30-8-7-24(27,28)29)23(36)16-12-21(34)31-19-4-2-1-3-15(16)19/h1-6,11-12,20H,7-10,13H2,(H,30,35)(H,31,34). The number of halogens is 5. The Morgan fingerprint density at radius 3 is 2.53 bits per heavy atom. The van der Waals surface area contributed by atoms with Crippen LogP contribution in [0.3, 0.4) is 0 Å². The summed E-state index contributed by atoms with van der Waals surface area (Å²) in [6.07, 6.45) is -5.64. The SMILES string of the molecule is O=C(NCCC(F)(F)F)C1CN(c2ccc(Cl)c(Cl)c2)CCN1C(=O)c1cc(=O)[nH]c2ccccc12. The number of hydrogen-bond donors (Lipinski definition) is 2. The number of H-pyrrole nitrogens is 1. The van der Waals surface area contributed by atoms with Crippen LogP contribution in [-0.4, -0.2) is 60.1 Å². The normalized spacial score (nSPS) is 16.3. The first-order chi connectivity index (χ1) is 17.0. The van der Waals surface area contributed by atoms with E-state index < -0.39 is 42.6 Å². The van der Waals surface area contributed by atoms with E-state index in [-0.39, 0.29) is 18.7 Å². The Morgan fingerprint density at radius 1 is 1.06 bits per heavy atom. The van der Waals surface area contributed by atoms with Crippen LogP contribution < -0.4 is 15.8 Å². The van der Waals surface area contributed by atoms with Gasteiger partial charge in [-0.15, -0.1) is 0 Å². The summed E-state index contributed by atoms with van der Waals surface area (Å²) < 4.78 is 37.9. The first kappa shape index (κ1) is 25.8. The van der Waals surface area contributed by atoms with Gasteiger partial charge in [0.1, 0.15) is 6.04 Å². The Balaban J connectivity index is 1.65. The molecule has 4 rings (SSSR count). The van der Waals surface area contributed by atoms with Crippen LogP contribution in [-0.2, 0) is 4.79 Å². The lowest BCUT2D eigenvalue weighted by Gasteiger charge is -2.41. The predicted octanol–water partition coefficient (Wildman–Crippen LogP) is 4.23. The summed E-state index contributed by atoms with van der Waals surface area (Å²) in [7, 11) is 0. The Morgan fingerprint density at radius 2 is 1.81 bits per heavy atom. The fourth-order valence-corrected chi connectivity index (χ4v) is 4.44. The van der Waals surface area contributed by atoms with Gasteiger partial charge in [-0.2, -0.15) is 13.2 Å². The van der Waals surface area contributed by atoms with Crippen LogP contribution in [0.15, 0.2) is 53.3 Å². The molecule has 0 aliphatic carbocycles. The molecule has 2 N–H and O–H groups in total. The van der Waals surface area contributed by atoms with Gasteiger partial charge in [-0.3, -0.25) is 14.4 Å². The van der Waals surface area contributed by atoms with E-state index in [4.69, 9.17) is 23.2 Å². The highest BCUT2D eigenvalue weighted by Gasteiger charge is 2.37. The van der Waals surface area contributed by atoms with Crippen LogP contribution in [0.4, 0.5) is 18.9 Å². The minimum Gasteiger partial charge on any atom is -0.367 e. The molecule has 190 valence electrons. The van der Waals surface area contributed by atoms with Crippen molar-refractivity contribution in [3.05, 3.63) is 74.5 Å². The fourth-order valence-electron chi connectivity index (χ4n) is 4.15. The van der Waals surface area contributed by atoms with Crippen molar-refractivity contribution in [1.82, 2.24) is 15.2 Å². The number of carbonyl (C=O) groups is 2. The predicted molar refractivity (Wildman–Crippen MR) is 132 cm³/mol. The van der Waals surface area contributed by atoms with E-state index in [9.17, 15) is 27.6 Å². The molecule has 0 saturated carbocycles. The Kier molecular flexibility index (Phi) is 7.46. The molecule has 1 atom stereocenters. The van der Waals surface area contributed by atoms with E-state index >= 15 is 0 Å². The minimum atomic E-state index is -4.44. The van der Waals surface area contributed by atoms with Crippen LogP contribution in [0.5, 0.6) is 0 Å². The number of hydrogen-bond acceptors (Lipinski definition) is 4. The number of aromatic nitrogens is 1. The summed E-state index contributed by atoms with van der Waals surface area (Å²) >= 11 is 12.1. The lowest BCUT2D eigenvalue weighted by Crippen LogP contribution is -2.61. The van der Waals surface area contributed by atoms with Gasteiger partial charge in [-0.1, -0.05) is 41.4 Å². The van der Waals surface area contributed by atoms with Gasteiger partial charge in [0, 0.05) is 48.8 Å². The van der Waals surface area contributed by atoms with Gasteiger partial charge >= 0.3 is 6.18 Å². The number of piperazine rings is 1. The first-order valence-corrected chi connectivity index (χ1v) is 11.8. The Bertz CT molecular complexity index is 1360. The summed E-state index contributed by atoms with van der Waals surface area (Å²) in [5.41, 5.74) is 0.711. The van der Waals surface area contributed by atoms with Crippen LogP contribution in [0.2, 0.25) is 10.0 Å². The highest BCUT2D eigenvalue weighted by molar-refractivity contribution is 6.42. The number of rotatable bonds is 5. The van der Waals surface area contributed by atoms with Gasteiger partial charge < -0.3 is 20.1 Å². The molecule has 1 aliphatic heterocycles. The van der Waals surface area contributed by atoms with Crippen molar-refractivity contribution in [3.63, 3.8) is 0 Å². The van der Waals surface area contributed by atoms with Crippen molar-refractivity contribution in [2.24, 2.45) is 0 Å². The van der Waals surface area contributed by atoms with Crippen LogP contribution in [0.25, 0.3) is 10.9 Å².